The topological polar surface area (TPSA) is 49.5 Å². The summed E-state index contributed by atoms with van der Waals surface area (Å²) in [6, 6.07) is 1.19. The van der Waals surface area contributed by atoms with Gasteiger partial charge in [-0.1, -0.05) is 0 Å². The van der Waals surface area contributed by atoms with Crippen LogP contribution in [0.4, 0.5) is 0 Å². The van der Waals surface area contributed by atoms with Crippen LogP contribution in [0.25, 0.3) is 0 Å². The third-order valence-electron chi connectivity index (χ3n) is 4.20. The number of nitrogens with zero attached hydrogens (tertiary/aromatic N) is 1. The van der Waals surface area contributed by atoms with Crippen molar-refractivity contribution in [3.05, 3.63) is 0 Å². The van der Waals surface area contributed by atoms with E-state index < -0.39 is 0 Å². The van der Waals surface area contributed by atoms with E-state index in [1.54, 1.807) is 0 Å². The van der Waals surface area contributed by atoms with Crippen molar-refractivity contribution < 1.29 is 5.11 Å². The lowest BCUT2D eigenvalue weighted by atomic mass is 9.91. The van der Waals surface area contributed by atoms with E-state index in [2.05, 4.69) is 4.90 Å². The maximum absolute atomic E-state index is 9.56. The van der Waals surface area contributed by atoms with Crippen LogP contribution in [0, 0.1) is 5.92 Å². The zero-order valence-corrected chi connectivity index (χ0v) is 9.73. The van der Waals surface area contributed by atoms with Crippen molar-refractivity contribution in [1.29, 1.82) is 0 Å². The second-order valence-corrected chi connectivity index (χ2v) is 5.35. The van der Waals surface area contributed by atoms with Gasteiger partial charge in [0, 0.05) is 18.6 Å². The molecular weight excluding hydrogens is 188 g/mol. The van der Waals surface area contributed by atoms with E-state index in [9.17, 15) is 5.11 Å². The summed E-state index contributed by atoms with van der Waals surface area (Å²) in [6.45, 7) is 4.19. The summed E-state index contributed by atoms with van der Waals surface area (Å²) in [5.74, 6) is 0.501. The predicted octanol–water partition coefficient (Wildman–Crippen LogP) is 0.959. The van der Waals surface area contributed by atoms with E-state index in [0.29, 0.717) is 12.0 Å². The normalized spacial score (nSPS) is 40.6. The van der Waals surface area contributed by atoms with Crippen LogP contribution in [-0.2, 0) is 0 Å². The molecule has 2 rings (SSSR count). The highest BCUT2D eigenvalue weighted by atomic mass is 16.3. The molecule has 0 bridgehead atoms. The number of likely N-dealkylation sites (tertiary alicyclic amines) is 1. The van der Waals surface area contributed by atoms with Gasteiger partial charge in [-0.15, -0.1) is 0 Å². The Kier molecular flexibility index (Phi) is 3.65. The Morgan fingerprint density at radius 2 is 1.87 bits per heavy atom. The van der Waals surface area contributed by atoms with Crippen molar-refractivity contribution in [1.82, 2.24) is 4.90 Å². The largest absolute Gasteiger partial charge is 0.393 e. The number of aliphatic hydroxyl groups is 1. The van der Waals surface area contributed by atoms with E-state index in [0.717, 1.165) is 12.6 Å². The van der Waals surface area contributed by atoms with Gasteiger partial charge in [-0.05, 0) is 51.5 Å². The molecule has 2 atom stereocenters. The minimum Gasteiger partial charge on any atom is -0.393 e. The van der Waals surface area contributed by atoms with Crippen molar-refractivity contribution in [2.45, 2.75) is 57.2 Å². The van der Waals surface area contributed by atoms with Crippen molar-refractivity contribution in [2.24, 2.45) is 11.7 Å². The van der Waals surface area contributed by atoms with Crippen LogP contribution in [0.3, 0.4) is 0 Å². The fourth-order valence-corrected chi connectivity index (χ4v) is 3.01. The highest BCUT2D eigenvalue weighted by Crippen LogP contribution is 2.28. The number of hydrogen-bond acceptors (Lipinski definition) is 3. The highest BCUT2D eigenvalue weighted by molar-refractivity contribution is 4.87. The zero-order chi connectivity index (χ0) is 10.8. The molecule has 2 unspecified atom stereocenters. The van der Waals surface area contributed by atoms with Crippen LogP contribution >= 0.6 is 0 Å². The molecule has 15 heavy (non-hydrogen) atoms. The molecule has 2 fully saturated rings. The molecule has 0 aromatic carbocycles. The van der Waals surface area contributed by atoms with Crippen molar-refractivity contribution in [3.8, 4) is 0 Å². The van der Waals surface area contributed by atoms with Gasteiger partial charge in [0.1, 0.15) is 0 Å². The van der Waals surface area contributed by atoms with Crippen LogP contribution in [-0.4, -0.2) is 41.3 Å². The lowest BCUT2D eigenvalue weighted by molar-refractivity contribution is 0.115. The van der Waals surface area contributed by atoms with Crippen LogP contribution in [0.2, 0.25) is 0 Å². The Bertz CT molecular complexity index is 200. The third kappa shape index (κ3) is 2.71. The Labute approximate surface area is 92.6 Å². The van der Waals surface area contributed by atoms with Crippen molar-refractivity contribution in [3.63, 3.8) is 0 Å². The minimum absolute atomic E-state index is 0.138. The average molecular weight is 212 g/mol. The second-order valence-electron chi connectivity index (χ2n) is 5.35. The maximum atomic E-state index is 9.56. The lowest BCUT2D eigenvalue weighted by Gasteiger charge is -2.33. The first-order valence-electron chi connectivity index (χ1n) is 6.34. The Morgan fingerprint density at radius 1 is 1.20 bits per heavy atom. The molecular formula is C12H24N2O. The van der Waals surface area contributed by atoms with Gasteiger partial charge in [0.15, 0.2) is 0 Å². The number of aliphatic hydroxyl groups excluding tert-OH is 1. The van der Waals surface area contributed by atoms with Crippen molar-refractivity contribution >= 4 is 0 Å². The summed E-state index contributed by atoms with van der Waals surface area (Å²) < 4.78 is 0. The van der Waals surface area contributed by atoms with E-state index in [4.69, 9.17) is 5.73 Å². The predicted molar refractivity (Wildman–Crippen MR) is 61.6 cm³/mol. The lowest BCUT2D eigenvalue weighted by Crippen LogP contribution is -2.40. The van der Waals surface area contributed by atoms with Crippen LogP contribution in [0.1, 0.15) is 39.0 Å². The molecule has 0 radical (unpaired) electrons. The van der Waals surface area contributed by atoms with Crippen LogP contribution in [0.15, 0.2) is 0 Å². The SMILES string of the molecule is CC(O)C1CCN(C2CCC(N)CC2)C1. The summed E-state index contributed by atoms with van der Waals surface area (Å²) in [5, 5.41) is 9.56. The van der Waals surface area contributed by atoms with E-state index >= 15 is 0 Å². The highest BCUT2D eigenvalue weighted by Gasteiger charge is 2.32. The Balaban J connectivity index is 1.80. The molecule has 0 aromatic heterocycles. The minimum atomic E-state index is -0.138. The fourth-order valence-electron chi connectivity index (χ4n) is 3.01. The van der Waals surface area contributed by atoms with E-state index in [-0.39, 0.29) is 6.10 Å². The number of rotatable bonds is 2. The first-order chi connectivity index (χ1) is 7.16. The molecule has 1 saturated heterocycles. The molecule has 1 heterocycles. The maximum Gasteiger partial charge on any atom is 0.0552 e. The molecule has 0 spiro atoms. The van der Waals surface area contributed by atoms with Gasteiger partial charge in [-0.3, -0.25) is 0 Å². The molecule has 2 aliphatic rings. The first-order valence-corrected chi connectivity index (χ1v) is 6.34. The molecule has 3 heteroatoms. The standard InChI is InChI=1S/C12H24N2O/c1-9(15)10-6-7-14(8-10)12-4-2-11(13)3-5-12/h9-12,15H,2-8,13H2,1H3. The Hall–Kier alpha value is -0.120. The second kappa shape index (κ2) is 4.81. The summed E-state index contributed by atoms with van der Waals surface area (Å²) in [5.41, 5.74) is 5.91. The fraction of sp³-hybridized carbons (Fsp3) is 1.00. The molecule has 88 valence electrons. The molecule has 3 N–H and O–H groups in total. The summed E-state index contributed by atoms with van der Waals surface area (Å²) in [6.07, 6.45) is 5.91. The molecule has 0 aromatic rings. The smallest absolute Gasteiger partial charge is 0.0552 e. The van der Waals surface area contributed by atoms with Gasteiger partial charge in [0.25, 0.3) is 0 Å². The first kappa shape index (κ1) is 11.4. The Morgan fingerprint density at radius 3 is 2.40 bits per heavy atom. The van der Waals surface area contributed by atoms with E-state index in [1.165, 1.54) is 38.6 Å². The average Bonchev–Trinajstić information content (AvgIpc) is 2.68. The monoisotopic (exact) mass is 212 g/mol. The van der Waals surface area contributed by atoms with Gasteiger partial charge in [-0.2, -0.15) is 0 Å². The molecule has 1 aliphatic carbocycles. The summed E-state index contributed by atoms with van der Waals surface area (Å²) >= 11 is 0. The van der Waals surface area contributed by atoms with Gasteiger partial charge in [-0.25, -0.2) is 0 Å². The number of hydrogen-bond donors (Lipinski definition) is 2. The van der Waals surface area contributed by atoms with Crippen LogP contribution < -0.4 is 5.73 Å². The quantitative estimate of drug-likeness (QED) is 0.717. The summed E-state index contributed by atoms with van der Waals surface area (Å²) in [4.78, 5) is 2.57. The van der Waals surface area contributed by atoms with E-state index in [1.807, 2.05) is 6.92 Å². The number of nitrogens with two attached hydrogens (primary N) is 1. The van der Waals surface area contributed by atoms with Gasteiger partial charge >= 0.3 is 0 Å². The molecule has 1 saturated carbocycles. The zero-order valence-electron chi connectivity index (χ0n) is 9.73. The molecule has 1 aliphatic heterocycles. The van der Waals surface area contributed by atoms with Gasteiger partial charge in [0.05, 0.1) is 6.10 Å². The van der Waals surface area contributed by atoms with Gasteiger partial charge in [0.2, 0.25) is 0 Å². The van der Waals surface area contributed by atoms with Gasteiger partial charge < -0.3 is 15.7 Å². The summed E-state index contributed by atoms with van der Waals surface area (Å²) in [7, 11) is 0. The van der Waals surface area contributed by atoms with Crippen molar-refractivity contribution in [2.75, 3.05) is 13.1 Å². The third-order valence-corrected chi connectivity index (χ3v) is 4.20. The molecule has 3 nitrogen and oxygen atoms in total. The van der Waals surface area contributed by atoms with Crippen LogP contribution in [0.5, 0.6) is 0 Å². The molecule has 0 amide bonds.